The van der Waals surface area contributed by atoms with Gasteiger partial charge < -0.3 is 19.8 Å². The van der Waals surface area contributed by atoms with E-state index in [2.05, 4.69) is 0 Å². The lowest BCUT2D eigenvalue weighted by Gasteiger charge is -2.15. The van der Waals surface area contributed by atoms with Gasteiger partial charge in [-0.1, -0.05) is 6.92 Å². The molecule has 1 aromatic heterocycles. The fourth-order valence-electron chi connectivity index (χ4n) is 1.54. The molecule has 0 spiro atoms. The number of nitrogens with zero attached hydrogens (tertiary/aromatic N) is 1. The van der Waals surface area contributed by atoms with Crippen LogP contribution < -0.4 is 11.3 Å². The van der Waals surface area contributed by atoms with Crippen molar-refractivity contribution >= 4 is 17.6 Å². The fourth-order valence-corrected chi connectivity index (χ4v) is 1.54. The molecular weight excluding hydrogens is 264 g/mol. The number of aromatic nitrogens is 1. The molecule has 20 heavy (non-hydrogen) atoms. The second-order valence-electron chi connectivity index (χ2n) is 4.07. The summed E-state index contributed by atoms with van der Waals surface area (Å²) in [6, 6.07) is 2.70. The molecule has 0 bridgehead atoms. The number of carbonyl (C=O) groups is 2. The van der Waals surface area contributed by atoms with E-state index in [0.29, 0.717) is 12.1 Å². The number of nitrogens with two attached hydrogens (primary N) is 1. The van der Waals surface area contributed by atoms with E-state index in [1.807, 2.05) is 0 Å². The van der Waals surface area contributed by atoms with Gasteiger partial charge in [0.15, 0.2) is 6.10 Å². The molecule has 2 N–H and O–H groups in total. The smallest absolute Gasteiger partial charge is 0.347 e. The average Bonchev–Trinajstić information content (AvgIpc) is 2.40. The normalized spacial score (nSPS) is 11.7. The number of carbonyl (C=O) groups excluding carboxylic acids is 2. The summed E-state index contributed by atoms with van der Waals surface area (Å²) in [5.41, 5.74) is 5.51. The maximum Gasteiger partial charge on any atom is 0.347 e. The summed E-state index contributed by atoms with van der Waals surface area (Å²) in [4.78, 5) is 34.7. The van der Waals surface area contributed by atoms with Crippen molar-refractivity contribution in [1.29, 1.82) is 0 Å². The summed E-state index contributed by atoms with van der Waals surface area (Å²) >= 11 is 0. The molecule has 0 saturated carbocycles. The maximum atomic E-state index is 11.7. The van der Waals surface area contributed by atoms with Crippen LogP contribution in [0.2, 0.25) is 0 Å². The molecule has 0 aromatic carbocycles. The highest BCUT2D eigenvalue weighted by atomic mass is 16.6. The summed E-state index contributed by atoms with van der Waals surface area (Å²) in [5.74, 6) is -1.29. The molecule has 1 unspecified atom stereocenters. The Morgan fingerprint density at radius 2 is 2.05 bits per heavy atom. The molecule has 0 aliphatic rings. The number of hydrogen-bond acceptors (Lipinski definition) is 6. The van der Waals surface area contributed by atoms with Crippen LogP contribution >= 0.6 is 0 Å². The first-order chi connectivity index (χ1) is 9.47. The first-order valence-corrected chi connectivity index (χ1v) is 6.30. The van der Waals surface area contributed by atoms with Crippen LogP contribution in [0.3, 0.4) is 0 Å². The second kappa shape index (κ2) is 7.32. The predicted octanol–water partition coefficient (Wildman–Crippen LogP) is 0.315. The molecule has 1 atom stereocenters. The standard InChI is InChI=1S/C13H18N2O5/c1-3-10(13(18)19-4-2)20-12(17)8-15-7-9(14)5-6-11(15)16/h5-7,10H,3-4,8,14H2,1-2H3. The minimum absolute atomic E-state index is 0.210. The fraction of sp³-hybridized carbons (Fsp3) is 0.462. The Morgan fingerprint density at radius 1 is 1.35 bits per heavy atom. The largest absolute Gasteiger partial charge is 0.463 e. The van der Waals surface area contributed by atoms with Gasteiger partial charge in [-0.2, -0.15) is 0 Å². The summed E-state index contributed by atoms with van der Waals surface area (Å²) in [6.45, 7) is 3.27. The zero-order valence-corrected chi connectivity index (χ0v) is 11.5. The average molecular weight is 282 g/mol. The minimum Gasteiger partial charge on any atom is -0.463 e. The first-order valence-electron chi connectivity index (χ1n) is 6.30. The predicted molar refractivity (Wildman–Crippen MR) is 71.9 cm³/mol. The summed E-state index contributed by atoms with van der Waals surface area (Å²) in [7, 11) is 0. The van der Waals surface area contributed by atoms with E-state index in [-0.39, 0.29) is 18.7 Å². The van der Waals surface area contributed by atoms with E-state index in [9.17, 15) is 14.4 Å². The summed E-state index contributed by atoms with van der Waals surface area (Å²) < 4.78 is 10.9. The third-order valence-corrected chi connectivity index (χ3v) is 2.50. The number of nitrogen functional groups attached to an aromatic ring is 1. The van der Waals surface area contributed by atoms with Gasteiger partial charge in [0.2, 0.25) is 0 Å². The zero-order valence-electron chi connectivity index (χ0n) is 11.5. The molecule has 0 saturated heterocycles. The van der Waals surface area contributed by atoms with Crippen LogP contribution in [0.25, 0.3) is 0 Å². The van der Waals surface area contributed by atoms with Gasteiger partial charge in [0.05, 0.1) is 6.61 Å². The van der Waals surface area contributed by atoms with Crippen LogP contribution in [0.15, 0.2) is 23.1 Å². The van der Waals surface area contributed by atoms with Crippen molar-refractivity contribution in [1.82, 2.24) is 4.57 Å². The number of anilines is 1. The number of pyridine rings is 1. The monoisotopic (exact) mass is 282 g/mol. The third-order valence-electron chi connectivity index (χ3n) is 2.50. The number of esters is 2. The topological polar surface area (TPSA) is 101 Å². The molecule has 1 aromatic rings. The zero-order chi connectivity index (χ0) is 15.1. The molecule has 0 aliphatic heterocycles. The van der Waals surface area contributed by atoms with Crippen LogP contribution in [0, 0.1) is 0 Å². The van der Waals surface area contributed by atoms with Gasteiger partial charge in [-0.15, -0.1) is 0 Å². The lowest BCUT2D eigenvalue weighted by atomic mass is 10.3. The van der Waals surface area contributed by atoms with Crippen molar-refractivity contribution in [2.24, 2.45) is 0 Å². The van der Waals surface area contributed by atoms with Crippen molar-refractivity contribution < 1.29 is 19.1 Å². The third kappa shape index (κ3) is 4.42. The Kier molecular flexibility index (Phi) is 5.76. The molecule has 0 amide bonds. The van der Waals surface area contributed by atoms with Crippen molar-refractivity contribution in [2.75, 3.05) is 12.3 Å². The quantitative estimate of drug-likeness (QED) is 0.754. The van der Waals surface area contributed by atoms with Gasteiger partial charge in [0.1, 0.15) is 6.54 Å². The van der Waals surface area contributed by atoms with E-state index in [0.717, 1.165) is 4.57 Å². The SMILES string of the molecule is CCOC(=O)C(CC)OC(=O)Cn1cc(N)ccc1=O. The van der Waals surface area contributed by atoms with Crippen molar-refractivity contribution in [3.8, 4) is 0 Å². The summed E-state index contributed by atoms with van der Waals surface area (Å²) in [6.07, 6.45) is 0.685. The molecule has 1 heterocycles. The Balaban J connectivity index is 2.69. The van der Waals surface area contributed by atoms with Crippen LogP contribution in [-0.4, -0.2) is 29.2 Å². The number of rotatable bonds is 6. The van der Waals surface area contributed by atoms with E-state index in [1.165, 1.54) is 18.3 Å². The van der Waals surface area contributed by atoms with Gasteiger partial charge in [-0.3, -0.25) is 9.59 Å². The molecular formula is C13H18N2O5. The Bertz CT molecular complexity index is 538. The Morgan fingerprint density at radius 3 is 2.65 bits per heavy atom. The highest BCUT2D eigenvalue weighted by molar-refractivity contribution is 5.79. The van der Waals surface area contributed by atoms with Crippen LogP contribution in [0.1, 0.15) is 20.3 Å². The highest BCUT2D eigenvalue weighted by Crippen LogP contribution is 2.03. The van der Waals surface area contributed by atoms with E-state index in [1.54, 1.807) is 13.8 Å². The van der Waals surface area contributed by atoms with Gasteiger partial charge in [-0.05, 0) is 19.4 Å². The van der Waals surface area contributed by atoms with Gasteiger partial charge in [0, 0.05) is 18.0 Å². The van der Waals surface area contributed by atoms with Crippen molar-refractivity contribution in [3.63, 3.8) is 0 Å². The molecule has 110 valence electrons. The summed E-state index contributed by atoms with van der Waals surface area (Å²) in [5, 5.41) is 0. The van der Waals surface area contributed by atoms with Crippen LogP contribution in [-0.2, 0) is 25.6 Å². The van der Waals surface area contributed by atoms with E-state index >= 15 is 0 Å². The Labute approximate surface area is 116 Å². The van der Waals surface area contributed by atoms with E-state index in [4.69, 9.17) is 15.2 Å². The molecule has 0 aliphatic carbocycles. The van der Waals surface area contributed by atoms with Gasteiger partial charge in [0.25, 0.3) is 5.56 Å². The molecule has 0 radical (unpaired) electrons. The van der Waals surface area contributed by atoms with Crippen LogP contribution in [0.4, 0.5) is 5.69 Å². The van der Waals surface area contributed by atoms with E-state index < -0.39 is 18.0 Å². The van der Waals surface area contributed by atoms with Gasteiger partial charge in [-0.25, -0.2) is 4.79 Å². The lowest BCUT2D eigenvalue weighted by Crippen LogP contribution is -2.32. The highest BCUT2D eigenvalue weighted by Gasteiger charge is 2.22. The minimum atomic E-state index is -0.959. The molecule has 1 rings (SSSR count). The second-order valence-corrected chi connectivity index (χ2v) is 4.07. The van der Waals surface area contributed by atoms with Crippen molar-refractivity contribution in [3.05, 3.63) is 28.7 Å². The molecule has 7 nitrogen and oxygen atoms in total. The van der Waals surface area contributed by atoms with Crippen molar-refractivity contribution in [2.45, 2.75) is 32.9 Å². The van der Waals surface area contributed by atoms with Gasteiger partial charge >= 0.3 is 11.9 Å². The number of ether oxygens (including phenoxy) is 2. The van der Waals surface area contributed by atoms with Crippen LogP contribution in [0.5, 0.6) is 0 Å². The molecule has 0 fully saturated rings. The Hall–Kier alpha value is -2.31. The lowest BCUT2D eigenvalue weighted by molar-refractivity contribution is -0.168. The molecule has 7 heteroatoms. The number of hydrogen-bond donors (Lipinski definition) is 1. The first kappa shape index (κ1) is 15.7. The maximum absolute atomic E-state index is 11.7.